The van der Waals surface area contributed by atoms with Gasteiger partial charge in [0.15, 0.2) is 0 Å². The lowest BCUT2D eigenvalue weighted by Gasteiger charge is -2.15. The van der Waals surface area contributed by atoms with Crippen molar-refractivity contribution in [2.45, 2.75) is 25.8 Å². The van der Waals surface area contributed by atoms with Crippen LogP contribution in [0.2, 0.25) is 5.02 Å². The van der Waals surface area contributed by atoms with Gasteiger partial charge in [0.2, 0.25) is 0 Å². The van der Waals surface area contributed by atoms with E-state index in [0.717, 1.165) is 6.42 Å². The summed E-state index contributed by atoms with van der Waals surface area (Å²) < 4.78 is 0. The molecule has 90 valence electrons. The van der Waals surface area contributed by atoms with Gasteiger partial charge < -0.3 is 10.4 Å². The van der Waals surface area contributed by atoms with Crippen LogP contribution in [0.15, 0.2) is 18.2 Å². The van der Waals surface area contributed by atoms with E-state index < -0.39 is 12.0 Å². The van der Waals surface area contributed by atoms with Crippen molar-refractivity contribution >= 4 is 23.3 Å². The largest absolute Gasteiger partial charge is 0.480 e. The molecular weight excluding hydrogens is 240 g/mol. The molecular formula is C12H13ClN2O2. The first-order chi connectivity index (χ1) is 8.08. The maximum atomic E-state index is 11.0. The summed E-state index contributed by atoms with van der Waals surface area (Å²) in [5, 5.41) is 20.9. The molecule has 0 amide bonds. The third-order valence-corrected chi connectivity index (χ3v) is 2.62. The molecule has 5 heteroatoms. The molecule has 0 bridgehead atoms. The van der Waals surface area contributed by atoms with E-state index in [4.69, 9.17) is 22.0 Å². The number of carboxylic acid groups (broad SMARTS) is 1. The first-order valence-corrected chi connectivity index (χ1v) is 5.65. The maximum absolute atomic E-state index is 11.0. The Kier molecular flexibility index (Phi) is 4.80. The molecule has 0 heterocycles. The van der Waals surface area contributed by atoms with Crippen molar-refractivity contribution < 1.29 is 9.90 Å². The topological polar surface area (TPSA) is 73.1 Å². The van der Waals surface area contributed by atoms with Crippen molar-refractivity contribution in [3.05, 3.63) is 28.8 Å². The van der Waals surface area contributed by atoms with Crippen LogP contribution >= 0.6 is 11.6 Å². The molecule has 17 heavy (non-hydrogen) atoms. The normalized spacial score (nSPS) is 11.6. The summed E-state index contributed by atoms with van der Waals surface area (Å²) in [5.74, 6) is -0.910. The molecule has 1 rings (SSSR count). The van der Waals surface area contributed by atoms with E-state index in [-0.39, 0.29) is 0 Å². The Labute approximate surface area is 105 Å². The van der Waals surface area contributed by atoms with Gasteiger partial charge in [-0.15, -0.1) is 0 Å². The van der Waals surface area contributed by atoms with Crippen LogP contribution < -0.4 is 5.32 Å². The van der Waals surface area contributed by atoms with Crippen LogP contribution in [0.3, 0.4) is 0 Å². The monoisotopic (exact) mass is 252 g/mol. The molecule has 0 saturated carbocycles. The van der Waals surface area contributed by atoms with Gasteiger partial charge in [-0.1, -0.05) is 24.9 Å². The van der Waals surface area contributed by atoms with E-state index in [1.807, 2.05) is 13.0 Å². The molecule has 0 aromatic heterocycles. The molecule has 0 aliphatic carbocycles. The summed E-state index contributed by atoms with van der Waals surface area (Å²) in [5.41, 5.74) is 0.981. The van der Waals surface area contributed by atoms with Crippen molar-refractivity contribution in [3.63, 3.8) is 0 Å². The first kappa shape index (κ1) is 13.3. The summed E-state index contributed by atoms with van der Waals surface area (Å²) in [6.07, 6.45) is 1.28. The van der Waals surface area contributed by atoms with Gasteiger partial charge in [-0.25, -0.2) is 4.79 Å². The molecule has 0 spiro atoms. The summed E-state index contributed by atoms with van der Waals surface area (Å²) in [6, 6.07) is 6.03. The van der Waals surface area contributed by atoms with Gasteiger partial charge in [-0.2, -0.15) is 5.26 Å². The van der Waals surface area contributed by atoms with Gasteiger partial charge in [0.1, 0.15) is 6.04 Å². The van der Waals surface area contributed by atoms with Crippen molar-refractivity contribution in [2.75, 3.05) is 5.32 Å². The van der Waals surface area contributed by atoms with Crippen molar-refractivity contribution in [2.24, 2.45) is 0 Å². The quantitative estimate of drug-likeness (QED) is 0.845. The number of benzene rings is 1. The molecule has 1 unspecified atom stereocenters. The van der Waals surface area contributed by atoms with Crippen LogP contribution in [0, 0.1) is 11.3 Å². The molecule has 0 saturated heterocycles. The predicted octanol–water partition coefficient (Wildman–Crippen LogP) is 2.88. The van der Waals surface area contributed by atoms with Crippen LogP contribution in [0.1, 0.15) is 25.3 Å². The number of carbonyl (C=O) groups is 1. The molecule has 0 aliphatic rings. The molecule has 1 aromatic rings. The van der Waals surface area contributed by atoms with E-state index >= 15 is 0 Å². The number of halogens is 1. The van der Waals surface area contributed by atoms with Crippen LogP contribution in [-0.2, 0) is 4.79 Å². The van der Waals surface area contributed by atoms with Crippen molar-refractivity contribution in [3.8, 4) is 6.07 Å². The molecule has 2 N–H and O–H groups in total. The van der Waals surface area contributed by atoms with Crippen molar-refractivity contribution in [1.82, 2.24) is 0 Å². The number of carboxylic acids is 1. The fourth-order valence-electron chi connectivity index (χ4n) is 1.44. The number of nitriles is 1. The van der Waals surface area contributed by atoms with E-state index in [0.29, 0.717) is 22.7 Å². The van der Waals surface area contributed by atoms with Gasteiger partial charge >= 0.3 is 5.97 Å². The Bertz CT molecular complexity index is 454. The molecule has 1 aromatic carbocycles. The standard InChI is InChI=1S/C12H13ClN2O2/c1-2-3-11(12(16)17)15-10-5-4-8(7-14)6-9(10)13/h4-6,11,15H,2-3H2,1H3,(H,16,17). The van der Waals surface area contributed by atoms with E-state index in [9.17, 15) is 4.79 Å². The number of hydrogen-bond acceptors (Lipinski definition) is 3. The second-order valence-corrected chi connectivity index (χ2v) is 4.04. The maximum Gasteiger partial charge on any atom is 0.326 e. The third kappa shape index (κ3) is 3.65. The van der Waals surface area contributed by atoms with Gasteiger partial charge in [0.25, 0.3) is 0 Å². The highest BCUT2D eigenvalue weighted by Crippen LogP contribution is 2.24. The highest BCUT2D eigenvalue weighted by molar-refractivity contribution is 6.33. The lowest BCUT2D eigenvalue weighted by Crippen LogP contribution is -2.29. The van der Waals surface area contributed by atoms with E-state index in [1.54, 1.807) is 12.1 Å². The smallest absolute Gasteiger partial charge is 0.326 e. The first-order valence-electron chi connectivity index (χ1n) is 5.27. The van der Waals surface area contributed by atoms with Crippen LogP contribution in [0.4, 0.5) is 5.69 Å². The fraction of sp³-hybridized carbons (Fsp3) is 0.333. The minimum Gasteiger partial charge on any atom is -0.480 e. The molecule has 4 nitrogen and oxygen atoms in total. The summed E-state index contributed by atoms with van der Waals surface area (Å²) in [4.78, 5) is 11.0. The fourth-order valence-corrected chi connectivity index (χ4v) is 1.67. The van der Waals surface area contributed by atoms with E-state index in [2.05, 4.69) is 5.32 Å². The van der Waals surface area contributed by atoms with Crippen LogP contribution in [-0.4, -0.2) is 17.1 Å². The average Bonchev–Trinajstić information content (AvgIpc) is 2.30. The van der Waals surface area contributed by atoms with E-state index in [1.165, 1.54) is 6.07 Å². The Morgan fingerprint density at radius 3 is 2.82 bits per heavy atom. The number of hydrogen-bond donors (Lipinski definition) is 2. The Hall–Kier alpha value is -1.73. The number of anilines is 1. The Balaban J connectivity index is 2.87. The minimum atomic E-state index is -0.910. The highest BCUT2D eigenvalue weighted by atomic mass is 35.5. The molecule has 0 aliphatic heterocycles. The lowest BCUT2D eigenvalue weighted by molar-refractivity contribution is -0.138. The zero-order chi connectivity index (χ0) is 12.8. The van der Waals surface area contributed by atoms with Crippen molar-refractivity contribution in [1.29, 1.82) is 5.26 Å². The zero-order valence-corrected chi connectivity index (χ0v) is 10.2. The Morgan fingerprint density at radius 1 is 1.65 bits per heavy atom. The van der Waals surface area contributed by atoms with Gasteiger partial charge in [-0.3, -0.25) is 0 Å². The average molecular weight is 253 g/mol. The van der Waals surface area contributed by atoms with Crippen LogP contribution in [0.5, 0.6) is 0 Å². The molecule has 1 atom stereocenters. The van der Waals surface area contributed by atoms with Crippen LogP contribution in [0.25, 0.3) is 0 Å². The number of nitrogens with one attached hydrogen (secondary N) is 1. The zero-order valence-electron chi connectivity index (χ0n) is 9.40. The summed E-state index contributed by atoms with van der Waals surface area (Å²) in [6.45, 7) is 1.91. The second-order valence-electron chi connectivity index (χ2n) is 3.63. The minimum absolute atomic E-state index is 0.353. The number of aliphatic carboxylic acids is 1. The summed E-state index contributed by atoms with van der Waals surface area (Å²) >= 11 is 5.95. The summed E-state index contributed by atoms with van der Waals surface area (Å²) in [7, 11) is 0. The van der Waals surface area contributed by atoms with Gasteiger partial charge in [0, 0.05) is 0 Å². The Morgan fingerprint density at radius 2 is 2.35 bits per heavy atom. The second kappa shape index (κ2) is 6.12. The van der Waals surface area contributed by atoms with Gasteiger partial charge in [-0.05, 0) is 24.6 Å². The van der Waals surface area contributed by atoms with Gasteiger partial charge in [0.05, 0.1) is 22.3 Å². The third-order valence-electron chi connectivity index (χ3n) is 2.30. The number of nitrogens with zero attached hydrogens (tertiary/aromatic N) is 1. The number of rotatable bonds is 5. The molecule has 0 fully saturated rings. The molecule has 0 radical (unpaired) electrons. The lowest BCUT2D eigenvalue weighted by atomic mass is 10.1. The highest BCUT2D eigenvalue weighted by Gasteiger charge is 2.16. The predicted molar refractivity (Wildman–Crippen MR) is 66.1 cm³/mol. The SMILES string of the molecule is CCCC(Nc1ccc(C#N)cc1Cl)C(=O)O.